The summed E-state index contributed by atoms with van der Waals surface area (Å²) >= 11 is 0. The average Bonchev–Trinajstić information content (AvgIpc) is 2.63. The van der Waals surface area contributed by atoms with Gasteiger partial charge in [-0.3, -0.25) is 4.79 Å². The summed E-state index contributed by atoms with van der Waals surface area (Å²) in [6.45, 7) is -0.346. The van der Waals surface area contributed by atoms with Crippen LogP contribution in [0.1, 0.15) is 29.2 Å². The van der Waals surface area contributed by atoms with Crippen molar-refractivity contribution in [3.05, 3.63) is 65.2 Å². The van der Waals surface area contributed by atoms with Crippen LogP contribution in [-0.4, -0.2) is 23.9 Å². The highest BCUT2D eigenvalue weighted by Gasteiger charge is 2.32. The molecule has 0 aliphatic rings. The third-order valence-electron chi connectivity index (χ3n) is 3.91. The molecule has 0 radical (unpaired) electrons. The zero-order chi connectivity index (χ0) is 21.7. The molecule has 0 aliphatic carbocycles. The SMILES string of the molecule is O=C(CCc1ccccc1OC(F)(F)F)NCC(O)c1cccc(C(F)(F)F)c1. The number of benzene rings is 2. The number of carbonyl (C=O) groups is 1. The molecule has 2 aromatic carbocycles. The normalized spacial score (nSPS) is 13.1. The number of alkyl halides is 6. The first-order chi connectivity index (χ1) is 13.5. The van der Waals surface area contributed by atoms with Gasteiger partial charge in [-0.1, -0.05) is 30.3 Å². The number of hydrogen-bond acceptors (Lipinski definition) is 3. The molecule has 0 heterocycles. The second-order valence-corrected chi connectivity index (χ2v) is 6.10. The zero-order valence-electron chi connectivity index (χ0n) is 14.8. The van der Waals surface area contributed by atoms with Crippen LogP contribution >= 0.6 is 0 Å². The summed E-state index contributed by atoms with van der Waals surface area (Å²) in [7, 11) is 0. The van der Waals surface area contributed by atoms with Gasteiger partial charge < -0.3 is 15.2 Å². The van der Waals surface area contributed by atoms with Gasteiger partial charge in [0.25, 0.3) is 0 Å². The number of aliphatic hydroxyl groups excluding tert-OH is 1. The fourth-order valence-electron chi connectivity index (χ4n) is 2.52. The second-order valence-electron chi connectivity index (χ2n) is 6.10. The van der Waals surface area contributed by atoms with E-state index in [9.17, 15) is 36.2 Å². The average molecular weight is 421 g/mol. The van der Waals surface area contributed by atoms with E-state index in [0.717, 1.165) is 24.3 Å². The predicted molar refractivity (Wildman–Crippen MR) is 90.9 cm³/mol. The maximum Gasteiger partial charge on any atom is 0.573 e. The second kappa shape index (κ2) is 9.17. The lowest BCUT2D eigenvalue weighted by Crippen LogP contribution is -2.28. The van der Waals surface area contributed by atoms with Crippen LogP contribution in [-0.2, 0) is 17.4 Å². The highest BCUT2D eigenvalue weighted by molar-refractivity contribution is 5.76. The third-order valence-corrected chi connectivity index (χ3v) is 3.91. The number of para-hydroxylation sites is 1. The molecule has 1 unspecified atom stereocenters. The fraction of sp³-hybridized carbons (Fsp3) is 0.316. The first kappa shape index (κ1) is 22.5. The Morgan fingerprint density at radius 3 is 2.38 bits per heavy atom. The Morgan fingerprint density at radius 1 is 1.03 bits per heavy atom. The smallest absolute Gasteiger partial charge is 0.406 e. The van der Waals surface area contributed by atoms with Crippen molar-refractivity contribution < 1.29 is 41.0 Å². The van der Waals surface area contributed by atoms with E-state index in [1.165, 1.54) is 24.3 Å². The van der Waals surface area contributed by atoms with Gasteiger partial charge in [0.15, 0.2) is 0 Å². The van der Waals surface area contributed by atoms with Crippen LogP contribution in [0.15, 0.2) is 48.5 Å². The van der Waals surface area contributed by atoms with E-state index in [1.54, 1.807) is 0 Å². The van der Waals surface area contributed by atoms with Gasteiger partial charge in [0, 0.05) is 13.0 Å². The molecule has 0 spiro atoms. The number of amides is 1. The molecule has 0 aromatic heterocycles. The number of carbonyl (C=O) groups excluding carboxylic acids is 1. The van der Waals surface area contributed by atoms with Gasteiger partial charge in [0.2, 0.25) is 5.91 Å². The third kappa shape index (κ3) is 7.30. The van der Waals surface area contributed by atoms with Gasteiger partial charge >= 0.3 is 12.5 Å². The Labute approximate surface area is 162 Å². The van der Waals surface area contributed by atoms with Crippen LogP contribution in [0.25, 0.3) is 0 Å². The highest BCUT2D eigenvalue weighted by Crippen LogP contribution is 2.31. The van der Waals surface area contributed by atoms with Crippen molar-refractivity contribution >= 4 is 5.91 Å². The van der Waals surface area contributed by atoms with Gasteiger partial charge in [-0.25, -0.2) is 0 Å². The minimum atomic E-state index is -4.87. The number of nitrogens with one attached hydrogen (secondary N) is 1. The molecular weight excluding hydrogens is 404 g/mol. The minimum Gasteiger partial charge on any atom is -0.406 e. The Morgan fingerprint density at radius 2 is 1.72 bits per heavy atom. The van der Waals surface area contributed by atoms with Crippen LogP contribution in [0.4, 0.5) is 26.3 Å². The van der Waals surface area contributed by atoms with E-state index in [1.807, 2.05) is 0 Å². The topological polar surface area (TPSA) is 58.6 Å². The van der Waals surface area contributed by atoms with Gasteiger partial charge in [0.05, 0.1) is 11.7 Å². The van der Waals surface area contributed by atoms with Crippen molar-refractivity contribution in [2.45, 2.75) is 31.5 Å². The molecule has 0 saturated carbocycles. The largest absolute Gasteiger partial charge is 0.573 e. The van der Waals surface area contributed by atoms with Crippen LogP contribution in [0.3, 0.4) is 0 Å². The molecule has 2 aromatic rings. The maximum atomic E-state index is 12.7. The zero-order valence-corrected chi connectivity index (χ0v) is 14.8. The molecule has 1 atom stereocenters. The number of halogens is 6. The molecule has 2 N–H and O–H groups in total. The van der Waals surface area contributed by atoms with Gasteiger partial charge in [0.1, 0.15) is 5.75 Å². The first-order valence-corrected chi connectivity index (χ1v) is 8.41. The Bertz CT molecular complexity index is 835. The number of rotatable bonds is 7. The maximum absolute atomic E-state index is 12.7. The molecule has 0 aliphatic heterocycles. The summed E-state index contributed by atoms with van der Waals surface area (Å²) in [6.07, 6.45) is -11.1. The fourth-order valence-corrected chi connectivity index (χ4v) is 2.52. The standard InChI is InChI=1S/C19H17F6NO3/c20-18(21,22)14-6-3-5-13(10-14)15(27)11-26-17(28)9-8-12-4-1-2-7-16(12)29-19(23,24)25/h1-7,10,15,27H,8-9,11H2,(H,26,28). The summed E-state index contributed by atoms with van der Waals surface area (Å²) in [4.78, 5) is 11.9. The lowest BCUT2D eigenvalue weighted by atomic mass is 10.1. The Hall–Kier alpha value is -2.75. The van der Waals surface area contributed by atoms with E-state index in [-0.39, 0.29) is 30.5 Å². The van der Waals surface area contributed by atoms with Gasteiger partial charge in [-0.2, -0.15) is 13.2 Å². The number of hydrogen-bond donors (Lipinski definition) is 2. The Balaban J connectivity index is 1.90. The molecule has 0 bridgehead atoms. The van der Waals surface area contributed by atoms with Crippen LogP contribution in [0, 0.1) is 0 Å². The summed E-state index contributed by atoms with van der Waals surface area (Å²) in [6, 6.07) is 9.42. The number of ether oxygens (including phenoxy) is 1. The van der Waals surface area contributed by atoms with Crippen molar-refractivity contribution in [3.8, 4) is 5.75 Å². The molecule has 10 heteroatoms. The summed E-state index contributed by atoms with van der Waals surface area (Å²) in [5, 5.41) is 12.3. The number of aliphatic hydroxyl groups is 1. The van der Waals surface area contributed by atoms with E-state index >= 15 is 0 Å². The van der Waals surface area contributed by atoms with Crippen molar-refractivity contribution in [3.63, 3.8) is 0 Å². The summed E-state index contributed by atoms with van der Waals surface area (Å²) in [5.74, 6) is -1.00. The van der Waals surface area contributed by atoms with Crippen molar-refractivity contribution in [1.29, 1.82) is 0 Å². The molecule has 1 amide bonds. The highest BCUT2D eigenvalue weighted by atomic mass is 19.4. The van der Waals surface area contributed by atoms with Crippen LogP contribution in [0.2, 0.25) is 0 Å². The van der Waals surface area contributed by atoms with Crippen LogP contribution < -0.4 is 10.1 Å². The summed E-state index contributed by atoms with van der Waals surface area (Å²) < 4.78 is 79.2. The van der Waals surface area contributed by atoms with Gasteiger partial charge in [-0.05, 0) is 35.7 Å². The lowest BCUT2D eigenvalue weighted by molar-refractivity contribution is -0.274. The monoisotopic (exact) mass is 421 g/mol. The van der Waals surface area contributed by atoms with Crippen molar-refractivity contribution in [1.82, 2.24) is 5.32 Å². The molecule has 158 valence electrons. The molecular formula is C19H17F6NO3. The minimum absolute atomic E-state index is 0.0240. The predicted octanol–water partition coefficient (Wildman–Crippen LogP) is 4.39. The molecule has 4 nitrogen and oxygen atoms in total. The molecule has 0 fully saturated rings. The summed E-state index contributed by atoms with van der Waals surface area (Å²) in [5.41, 5.74) is -0.788. The van der Waals surface area contributed by atoms with E-state index in [0.29, 0.717) is 0 Å². The lowest BCUT2D eigenvalue weighted by Gasteiger charge is -2.15. The van der Waals surface area contributed by atoms with Crippen LogP contribution in [0.5, 0.6) is 5.75 Å². The van der Waals surface area contributed by atoms with E-state index < -0.39 is 35.9 Å². The van der Waals surface area contributed by atoms with E-state index in [2.05, 4.69) is 10.1 Å². The first-order valence-electron chi connectivity index (χ1n) is 8.41. The van der Waals surface area contributed by atoms with Crippen molar-refractivity contribution in [2.24, 2.45) is 0 Å². The van der Waals surface area contributed by atoms with Gasteiger partial charge in [-0.15, -0.1) is 13.2 Å². The van der Waals surface area contributed by atoms with E-state index in [4.69, 9.17) is 0 Å². The quantitative estimate of drug-likeness (QED) is 0.653. The Kier molecular flexibility index (Phi) is 7.12. The number of aryl methyl sites for hydroxylation is 1. The molecule has 0 saturated heterocycles. The molecule has 2 rings (SSSR count). The molecule has 29 heavy (non-hydrogen) atoms. The van der Waals surface area contributed by atoms with Crippen molar-refractivity contribution in [2.75, 3.05) is 6.54 Å².